The molecular weight excluding hydrogens is 231 g/mol. The largest absolute Gasteiger partial charge is 0.381 e. The van der Waals surface area contributed by atoms with E-state index in [9.17, 15) is 4.39 Å². The molecule has 1 heterocycles. The van der Waals surface area contributed by atoms with Crippen LogP contribution in [-0.2, 0) is 4.74 Å². The molecule has 1 saturated heterocycles. The maximum Gasteiger partial charge on any atom is 0.123 e. The van der Waals surface area contributed by atoms with Crippen LogP contribution in [-0.4, -0.2) is 31.8 Å². The summed E-state index contributed by atoms with van der Waals surface area (Å²) in [6, 6.07) is 6.60. The van der Waals surface area contributed by atoms with Crippen molar-refractivity contribution < 1.29 is 9.13 Å². The Hall–Kier alpha value is -1.13. The first-order valence-corrected chi connectivity index (χ1v) is 6.50. The second-order valence-corrected chi connectivity index (χ2v) is 4.97. The highest BCUT2D eigenvalue weighted by Gasteiger charge is 2.30. The normalized spacial score (nSPS) is 18.6. The molecule has 0 saturated carbocycles. The minimum absolute atomic E-state index is 0.192. The fraction of sp³-hybridized carbons (Fsp3) is 0.571. The Morgan fingerprint density at radius 3 is 2.44 bits per heavy atom. The molecule has 1 aromatic rings. The lowest BCUT2D eigenvalue weighted by Gasteiger charge is -2.38. The molecule has 0 amide bonds. The summed E-state index contributed by atoms with van der Waals surface area (Å²) in [4.78, 5) is 2.20. The summed E-state index contributed by atoms with van der Waals surface area (Å²) in [7, 11) is 0. The molecule has 2 N–H and O–H groups in total. The van der Waals surface area contributed by atoms with Crippen LogP contribution in [0.15, 0.2) is 24.3 Å². The number of rotatable bonds is 4. The van der Waals surface area contributed by atoms with E-state index in [2.05, 4.69) is 11.8 Å². The number of halogens is 1. The minimum atomic E-state index is -0.205. The smallest absolute Gasteiger partial charge is 0.123 e. The quantitative estimate of drug-likeness (QED) is 0.892. The summed E-state index contributed by atoms with van der Waals surface area (Å²) in [5.74, 6) is -0.205. The third-order valence-corrected chi connectivity index (χ3v) is 3.57. The number of benzene rings is 1. The van der Waals surface area contributed by atoms with Crippen molar-refractivity contribution in [2.24, 2.45) is 5.73 Å². The molecule has 0 atom stereocenters. The number of hydrogen-bond acceptors (Lipinski definition) is 3. The van der Waals surface area contributed by atoms with Crippen molar-refractivity contribution in [3.8, 4) is 0 Å². The maximum atomic E-state index is 12.9. The third-order valence-electron chi connectivity index (χ3n) is 3.57. The van der Waals surface area contributed by atoms with E-state index in [-0.39, 0.29) is 11.4 Å². The minimum Gasteiger partial charge on any atom is -0.381 e. The summed E-state index contributed by atoms with van der Waals surface area (Å²) >= 11 is 0. The number of nitrogens with two attached hydrogens (primary N) is 1. The molecule has 1 aliphatic rings. The van der Waals surface area contributed by atoms with Gasteiger partial charge in [0, 0.05) is 37.5 Å². The van der Waals surface area contributed by atoms with Gasteiger partial charge in [-0.1, -0.05) is 0 Å². The zero-order valence-corrected chi connectivity index (χ0v) is 10.9. The first-order chi connectivity index (χ1) is 8.63. The number of ether oxygens (including phenoxy) is 1. The van der Waals surface area contributed by atoms with Gasteiger partial charge in [-0.3, -0.25) is 0 Å². The summed E-state index contributed by atoms with van der Waals surface area (Å²) in [5, 5.41) is 0. The van der Waals surface area contributed by atoms with Gasteiger partial charge in [0.05, 0.1) is 0 Å². The van der Waals surface area contributed by atoms with E-state index in [0.29, 0.717) is 0 Å². The van der Waals surface area contributed by atoms with Crippen LogP contribution in [0.25, 0.3) is 0 Å². The van der Waals surface area contributed by atoms with E-state index in [0.717, 1.165) is 44.8 Å². The summed E-state index contributed by atoms with van der Waals surface area (Å²) in [6.45, 7) is 5.21. The number of nitrogens with zero attached hydrogens (tertiary/aromatic N) is 1. The Kier molecular flexibility index (Phi) is 4.19. The van der Waals surface area contributed by atoms with Gasteiger partial charge in [-0.2, -0.15) is 0 Å². The van der Waals surface area contributed by atoms with Gasteiger partial charge >= 0.3 is 0 Å². The van der Waals surface area contributed by atoms with Crippen LogP contribution < -0.4 is 10.6 Å². The lowest BCUT2D eigenvalue weighted by Crippen LogP contribution is -2.53. The van der Waals surface area contributed by atoms with E-state index in [1.165, 1.54) is 12.1 Å². The topological polar surface area (TPSA) is 38.5 Å². The molecule has 0 unspecified atom stereocenters. The first kappa shape index (κ1) is 13.3. The molecule has 1 aliphatic heterocycles. The molecule has 0 aromatic heterocycles. The molecule has 2 rings (SSSR count). The predicted octanol–water partition coefficient (Wildman–Crippen LogP) is 2.16. The Balaban J connectivity index is 2.06. The lowest BCUT2D eigenvalue weighted by molar-refractivity contribution is 0.0555. The van der Waals surface area contributed by atoms with Gasteiger partial charge in [0.1, 0.15) is 5.82 Å². The zero-order valence-electron chi connectivity index (χ0n) is 10.9. The Labute approximate surface area is 108 Å². The van der Waals surface area contributed by atoms with Crippen LogP contribution in [0.3, 0.4) is 0 Å². The van der Waals surface area contributed by atoms with Crippen molar-refractivity contribution in [3.63, 3.8) is 0 Å². The second kappa shape index (κ2) is 5.67. The molecule has 0 radical (unpaired) electrons. The number of likely N-dealkylation sites (N-methyl/N-ethyl adjacent to an activating group) is 1. The summed E-state index contributed by atoms with van der Waals surface area (Å²) < 4.78 is 18.3. The van der Waals surface area contributed by atoms with Crippen LogP contribution >= 0.6 is 0 Å². The maximum absolute atomic E-state index is 12.9. The summed E-state index contributed by atoms with van der Waals surface area (Å²) in [6.07, 6.45) is 1.76. The molecule has 4 heteroatoms. The molecular formula is C14H21FN2O. The predicted molar refractivity (Wildman–Crippen MR) is 71.3 cm³/mol. The zero-order chi connectivity index (χ0) is 13.0. The SMILES string of the molecule is CCN(CC1(N)CCOCC1)c1ccc(F)cc1. The van der Waals surface area contributed by atoms with E-state index in [1.54, 1.807) is 0 Å². The first-order valence-electron chi connectivity index (χ1n) is 6.50. The van der Waals surface area contributed by atoms with Gasteiger partial charge in [-0.25, -0.2) is 4.39 Å². The van der Waals surface area contributed by atoms with Gasteiger partial charge < -0.3 is 15.4 Å². The molecule has 0 spiro atoms. The third kappa shape index (κ3) is 3.21. The van der Waals surface area contributed by atoms with Crippen molar-refractivity contribution in [2.45, 2.75) is 25.3 Å². The lowest BCUT2D eigenvalue weighted by atomic mass is 9.90. The Bertz CT molecular complexity index is 374. The highest BCUT2D eigenvalue weighted by molar-refractivity contribution is 5.46. The molecule has 1 fully saturated rings. The fourth-order valence-electron chi connectivity index (χ4n) is 2.35. The van der Waals surface area contributed by atoms with Gasteiger partial charge in [0.15, 0.2) is 0 Å². The van der Waals surface area contributed by atoms with Gasteiger partial charge in [0.2, 0.25) is 0 Å². The molecule has 100 valence electrons. The van der Waals surface area contributed by atoms with E-state index in [4.69, 9.17) is 10.5 Å². The van der Waals surface area contributed by atoms with Crippen molar-refractivity contribution in [1.29, 1.82) is 0 Å². The number of anilines is 1. The monoisotopic (exact) mass is 252 g/mol. The van der Waals surface area contributed by atoms with Crippen molar-refractivity contribution >= 4 is 5.69 Å². The Morgan fingerprint density at radius 1 is 1.28 bits per heavy atom. The van der Waals surface area contributed by atoms with Crippen molar-refractivity contribution in [3.05, 3.63) is 30.1 Å². The second-order valence-electron chi connectivity index (χ2n) is 4.97. The summed E-state index contributed by atoms with van der Waals surface area (Å²) in [5.41, 5.74) is 7.24. The highest BCUT2D eigenvalue weighted by Crippen LogP contribution is 2.23. The van der Waals surface area contributed by atoms with Crippen LogP contribution in [0.1, 0.15) is 19.8 Å². The van der Waals surface area contributed by atoms with Gasteiger partial charge in [0.25, 0.3) is 0 Å². The average molecular weight is 252 g/mol. The molecule has 0 aliphatic carbocycles. The fourth-order valence-corrected chi connectivity index (χ4v) is 2.35. The van der Waals surface area contributed by atoms with E-state index in [1.807, 2.05) is 12.1 Å². The number of hydrogen-bond donors (Lipinski definition) is 1. The van der Waals surface area contributed by atoms with Crippen LogP contribution in [0, 0.1) is 5.82 Å². The molecule has 3 nitrogen and oxygen atoms in total. The van der Waals surface area contributed by atoms with Gasteiger partial charge in [-0.05, 0) is 44.0 Å². The van der Waals surface area contributed by atoms with Gasteiger partial charge in [-0.15, -0.1) is 0 Å². The van der Waals surface area contributed by atoms with Crippen LogP contribution in [0.2, 0.25) is 0 Å². The van der Waals surface area contributed by atoms with Crippen molar-refractivity contribution in [1.82, 2.24) is 0 Å². The standard InChI is InChI=1S/C14H21FN2O/c1-2-17(13-5-3-12(15)4-6-13)11-14(16)7-9-18-10-8-14/h3-6H,2,7-11,16H2,1H3. The van der Waals surface area contributed by atoms with Crippen LogP contribution in [0.4, 0.5) is 10.1 Å². The molecule has 1 aromatic carbocycles. The average Bonchev–Trinajstić information content (AvgIpc) is 2.38. The molecule has 18 heavy (non-hydrogen) atoms. The molecule has 0 bridgehead atoms. The Morgan fingerprint density at radius 2 is 1.89 bits per heavy atom. The van der Waals surface area contributed by atoms with Crippen LogP contribution in [0.5, 0.6) is 0 Å². The van der Waals surface area contributed by atoms with Crippen molar-refractivity contribution in [2.75, 3.05) is 31.2 Å². The highest BCUT2D eigenvalue weighted by atomic mass is 19.1. The van der Waals surface area contributed by atoms with E-state index < -0.39 is 0 Å². The van der Waals surface area contributed by atoms with E-state index >= 15 is 0 Å².